The first-order valence-electron chi connectivity index (χ1n) is 8.67. The van der Waals surface area contributed by atoms with Gasteiger partial charge in [0, 0.05) is 26.2 Å². The Morgan fingerprint density at radius 3 is 2.83 bits per heavy atom. The third kappa shape index (κ3) is 2.92. The third-order valence-electron chi connectivity index (χ3n) is 5.27. The molecule has 1 aromatic heterocycles. The second-order valence-electron chi connectivity index (χ2n) is 7.06. The highest BCUT2D eigenvalue weighted by Gasteiger charge is 2.37. The van der Waals surface area contributed by atoms with Crippen LogP contribution in [0.25, 0.3) is 0 Å². The first kappa shape index (κ1) is 14.9. The Hall–Kier alpha value is -1.69. The number of carbonyl (C=O) groups excluding carboxylic acids is 1. The summed E-state index contributed by atoms with van der Waals surface area (Å²) in [7, 11) is 0. The maximum absolute atomic E-state index is 12.4. The number of hydrogen-bond acceptors (Lipinski definition) is 5. The molecule has 0 aromatic carbocycles. The Bertz CT molecular complexity index is 594. The molecular formula is C17H24N4O2. The monoisotopic (exact) mass is 316 g/mol. The number of rotatable bonds is 2. The van der Waals surface area contributed by atoms with Gasteiger partial charge in [0.15, 0.2) is 5.82 Å². The summed E-state index contributed by atoms with van der Waals surface area (Å²) in [5.41, 5.74) is 2.50. The number of aryl methyl sites for hydroxylation is 1. The number of fused-ring (bicyclic) bond motifs is 1. The lowest BCUT2D eigenvalue weighted by Crippen LogP contribution is -2.56. The summed E-state index contributed by atoms with van der Waals surface area (Å²) in [5, 5.41) is 8.79. The van der Waals surface area contributed by atoms with Gasteiger partial charge < -0.3 is 14.5 Å². The lowest BCUT2D eigenvalue weighted by Gasteiger charge is -2.42. The first-order chi connectivity index (χ1) is 11.2. The van der Waals surface area contributed by atoms with Crippen LogP contribution in [-0.2, 0) is 22.4 Å². The van der Waals surface area contributed by atoms with Crippen LogP contribution < -0.4 is 4.90 Å². The molecule has 0 radical (unpaired) electrons. The minimum absolute atomic E-state index is 0.102. The van der Waals surface area contributed by atoms with Crippen LogP contribution in [0, 0.1) is 11.8 Å². The van der Waals surface area contributed by atoms with Crippen molar-refractivity contribution < 1.29 is 9.53 Å². The van der Waals surface area contributed by atoms with Crippen molar-refractivity contribution in [2.75, 3.05) is 44.3 Å². The van der Waals surface area contributed by atoms with Crippen LogP contribution in [0.5, 0.6) is 0 Å². The predicted octanol–water partition coefficient (Wildman–Crippen LogP) is 0.896. The minimum atomic E-state index is 0.102. The molecule has 2 fully saturated rings. The summed E-state index contributed by atoms with van der Waals surface area (Å²) in [6, 6.07) is 2.19. The normalized spacial score (nSPS) is 25.0. The van der Waals surface area contributed by atoms with Crippen LogP contribution in [0.15, 0.2) is 6.07 Å². The Morgan fingerprint density at radius 1 is 1.26 bits per heavy atom. The molecule has 0 N–H and O–H groups in total. The van der Waals surface area contributed by atoms with Crippen molar-refractivity contribution in [3.05, 3.63) is 17.3 Å². The average Bonchev–Trinajstić information content (AvgIpc) is 2.54. The second-order valence-corrected chi connectivity index (χ2v) is 7.06. The van der Waals surface area contributed by atoms with Crippen molar-refractivity contribution in [2.45, 2.75) is 26.2 Å². The number of ether oxygens (including phenoxy) is 1. The quantitative estimate of drug-likeness (QED) is 0.811. The lowest BCUT2D eigenvalue weighted by molar-refractivity contribution is -0.140. The zero-order valence-corrected chi connectivity index (χ0v) is 13.7. The summed E-state index contributed by atoms with van der Waals surface area (Å²) in [6.45, 7) is 6.60. The number of hydrogen-bond donors (Lipinski definition) is 0. The van der Waals surface area contributed by atoms with Gasteiger partial charge in [-0.05, 0) is 36.8 Å². The van der Waals surface area contributed by atoms with Crippen molar-refractivity contribution in [1.29, 1.82) is 0 Å². The van der Waals surface area contributed by atoms with Crippen LogP contribution in [-0.4, -0.2) is 60.4 Å². The smallest absolute Gasteiger partial charge is 0.229 e. The standard InChI is InChI=1S/C17H24N4O2/c1-12-2-3-15-13(8-12)9-16(19-18-15)21-10-14(11-21)17(22)20-4-6-23-7-5-20/h9,12,14H,2-8,10-11H2,1H3. The fourth-order valence-corrected chi connectivity index (χ4v) is 3.71. The van der Waals surface area contributed by atoms with Gasteiger partial charge in [-0.1, -0.05) is 6.92 Å². The molecule has 2 saturated heterocycles. The minimum Gasteiger partial charge on any atom is -0.378 e. The molecule has 1 unspecified atom stereocenters. The van der Waals surface area contributed by atoms with E-state index in [0.29, 0.717) is 13.2 Å². The molecule has 0 saturated carbocycles. The SMILES string of the molecule is CC1CCc2nnc(N3CC(C(=O)N4CCOCC4)C3)cc2C1. The van der Waals surface area contributed by atoms with Crippen LogP contribution in [0.4, 0.5) is 5.82 Å². The Labute approximate surface area is 136 Å². The zero-order chi connectivity index (χ0) is 15.8. The second kappa shape index (κ2) is 6.07. The Balaban J connectivity index is 1.38. The van der Waals surface area contributed by atoms with E-state index in [9.17, 15) is 4.79 Å². The van der Waals surface area contributed by atoms with Gasteiger partial charge in [0.05, 0.1) is 24.8 Å². The average molecular weight is 316 g/mol. The van der Waals surface area contributed by atoms with Gasteiger partial charge in [-0.2, -0.15) is 5.10 Å². The highest BCUT2D eigenvalue weighted by atomic mass is 16.5. The molecule has 4 rings (SSSR count). The van der Waals surface area contributed by atoms with E-state index in [1.54, 1.807) is 0 Å². The van der Waals surface area contributed by atoms with Crippen LogP contribution in [0.2, 0.25) is 0 Å². The van der Waals surface area contributed by atoms with E-state index in [1.165, 1.54) is 12.0 Å². The van der Waals surface area contributed by atoms with E-state index in [4.69, 9.17) is 4.74 Å². The number of amides is 1. The number of nitrogens with zero attached hydrogens (tertiary/aromatic N) is 4. The summed E-state index contributed by atoms with van der Waals surface area (Å²) in [4.78, 5) is 16.6. The van der Waals surface area contributed by atoms with Gasteiger partial charge >= 0.3 is 0 Å². The molecule has 124 valence electrons. The fourth-order valence-electron chi connectivity index (χ4n) is 3.71. The van der Waals surface area contributed by atoms with E-state index in [1.807, 2.05) is 4.90 Å². The molecule has 6 nitrogen and oxygen atoms in total. The van der Waals surface area contributed by atoms with E-state index in [-0.39, 0.29) is 11.8 Å². The van der Waals surface area contributed by atoms with Gasteiger partial charge in [0.1, 0.15) is 0 Å². The third-order valence-corrected chi connectivity index (χ3v) is 5.27. The molecule has 1 atom stereocenters. The van der Waals surface area contributed by atoms with Crippen molar-refractivity contribution >= 4 is 11.7 Å². The molecular weight excluding hydrogens is 292 g/mol. The van der Waals surface area contributed by atoms with Gasteiger partial charge in [-0.25, -0.2) is 0 Å². The topological polar surface area (TPSA) is 58.6 Å². The first-order valence-corrected chi connectivity index (χ1v) is 8.67. The maximum atomic E-state index is 12.4. The molecule has 1 amide bonds. The summed E-state index contributed by atoms with van der Waals surface area (Å²) in [5.74, 6) is 2.03. The zero-order valence-electron chi connectivity index (χ0n) is 13.7. The highest BCUT2D eigenvalue weighted by Crippen LogP contribution is 2.29. The molecule has 2 aliphatic heterocycles. The van der Waals surface area contributed by atoms with Crippen molar-refractivity contribution in [1.82, 2.24) is 15.1 Å². The van der Waals surface area contributed by atoms with Gasteiger partial charge in [0.2, 0.25) is 5.91 Å². The molecule has 3 heterocycles. The predicted molar refractivity (Wildman–Crippen MR) is 86.3 cm³/mol. The van der Waals surface area contributed by atoms with Crippen molar-refractivity contribution in [3.8, 4) is 0 Å². The van der Waals surface area contributed by atoms with Gasteiger partial charge in [-0.15, -0.1) is 5.10 Å². The number of carbonyl (C=O) groups is 1. The number of aromatic nitrogens is 2. The Morgan fingerprint density at radius 2 is 2.04 bits per heavy atom. The van der Waals surface area contributed by atoms with Crippen molar-refractivity contribution in [2.24, 2.45) is 11.8 Å². The van der Waals surface area contributed by atoms with Crippen molar-refractivity contribution in [3.63, 3.8) is 0 Å². The van der Waals surface area contributed by atoms with E-state index >= 15 is 0 Å². The molecule has 1 aromatic rings. The maximum Gasteiger partial charge on any atom is 0.229 e. The van der Waals surface area contributed by atoms with E-state index in [0.717, 1.165) is 56.5 Å². The summed E-state index contributed by atoms with van der Waals surface area (Å²) < 4.78 is 5.31. The molecule has 1 aliphatic carbocycles. The number of morpholine rings is 1. The van der Waals surface area contributed by atoms with Crippen LogP contribution in [0.1, 0.15) is 24.6 Å². The molecule has 0 bridgehead atoms. The molecule has 23 heavy (non-hydrogen) atoms. The molecule has 3 aliphatic rings. The van der Waals surface area contributed by atoms with E-state index < -0.39 is 0 Å². The molecule has 6 heteroatoms. The van der Waals surface area contributed by atoms with Crippen LogP contribution >= 0.6 is 0 Å². The Kier molecular flexibility index (Phi) is 3.93. The summed E-state index contributed by atoms with van der Waals surface area (Å²) >= 11 is 0. The largest absolute Gasteiger partial charge is 0.378 e. The van der Waals surface area contributed by atoms with E-state index in [2.05, 4.69) is 28.1 Å². The fraction of sp³-hybridized carbons (Fsp3) is 0.706. The summed E-state index contributed by atoms with van der Waals surface area (Å²) in [6.07, 6.45) is 3.35. The molecule has 0 spiro atoms. The number of anilines is 1. The van der Waals surface area contributed by atoms with Gasteiger partial charge in [-0.3, -0.25) is 4.79 Å². The van der Waals surface area contributed by atoms with Crippen LogP contribution in [0.3, 0.4) is 0 Å². The van der Waals surface area contributed by atoms with Gasteiger partial charge in [0.25, 0.3) is 0 Å². The lowest BCUT2D eigenvalue weighted by atomic mass is 9.88. The highest BCUT2D eigenvalue weighted by molar-refractivity contribution is 5.82.